The first-order chi connectivity index (χ1) is 9.47. The highest BCUT2D eigenvalue weighted by atomic mass is 79.9. The summed E-state index contributed by atoms with van der Waals surface area (Å²) >= 11 is 3.34. The molecule has 0 radical (unpaired) electrons. The standard InChI is InChI=1S/C14H16BrNO4/c1-8-2-4-11(15)10(6-8)13(17)16-7-9-3-5-12(20-9)14(18)19/h2,4,6,9,12H,3,5,7H2,1H3,(H,16,17)(H,18,19). The van der Waals surface area contributed by atoms with E-state index < -0.39 is 12.1 Å². The lowest BCUT2D eigenvalue weighted by Gasteiger charge is -2.13. The molecule has 0 saturated carbocycles. The number of benzene rings is 1. The second kappa shape index (κ2) is 6.37. The number of ether oxygens (including phenoxy) is 1. The third-order valence-corrected chi connectivity index (χ3v) is 3.93. The SMILES string of the molecule is Cc1ccc(Br)c(C(=O)NCC2CCC(C(=O)O)O2)c1. The van der Waals surface area contributed by atoms with Crippen molar-refractivity contribution in [3.8, 4) is 0 Å². The Morgan fingerprint density at radius 1 is 1.45 bits per heavy atom. The first kappa shape index (κ1) is 15.0. The van der Waals surface area contributed by atoms with Crippen molar-refractivity contribution in [2.45, 2.75) is 32.0 Å². The summed E-state index contributed by atoms with van der Waals surface area (Å²) in [5.74, 6) is -1.14. The number of hydrogen-bond donors (Lipinski definition) is 2. The highest BCUT2D eigenvalue weighted by Gasteiger charge is 2.30. The van der Waals surface area contributed by atoms with Crippen LogP contribution in [0.25, 0.3) is 0 Å². The molecule has 1 aromatic rings. The van der Waals surface area contributed by atoms with E-state index in [-0.39, 0.29) is 12.0 Å². The minimum atomic E-state index is -0.944. The molecule has 1 fully saturated rings. The summed E-state index contributed by atoms with van der Waals surface area (Å²) < 4.78 is 6.07. The maximum absolute atomic E-state index is 12.1. The topological polar surface area (TPSA) is 75.6 Å². The Kier molecular flexibility index (Phi) is 4.77. The van der Waals surface area contributed by atoms with Gasteiger partial charge in [0.15, 0.2) is 6.10 Å². The van der Waals surface area contributed by atoms with Crippen LogP contribution in [0, 0.1) is 6.92 Å². The molecule has 1 aliphatic rings. The zero-order valence-electron chi connectivity index (χ0n) is 11.1. The fourth-order valence-electron chi connectivity index (χ4n) is 2.15. The van der Waals surface area contributed by atoms with Crippen molar-refractivity contribution >= 4 is 27.8 Å². The van der Waals surface area contributed by atoms with Crippen LogP contribution in [0.3, 0.4) is 0 Å². The first-order valence-electron chi connectivity index (χ1n) is 6.40. The summed E-state index contributed by atoms with van der Waals surface area (Å²) in [5.41, 5.74) is 1.57. The molecule has 1 aromatic carbocycles. The molecule has 2 atom stereocenters. The predicted octanol–water partition coefficient (Wildman–Crippen LogP) is 2.12. The van der Waals surface area contributed by atoms with Crippen LogP contribution in [-0.4, -0.2) is 35.7 Å². The second-order valence-electron chi connectivity index (χ2n) is 4.86. The quantitative estimate of drug-likeness (QED) is 0.879. The van der Waals surface area contributed by atoms with Gasteiger partial charge in [-0.15, -0.1) is 0 Å². The molecule has 2 rings (SSSR count). The smallest absolute Gasteiger partial charge is 0.332 e. The van der Waals surface area contributed by atoms with Gasteiger partial charge in [0.05, 0.1) is 11.7 Å². The molecule has 1 aliphatic heterocycles. The summed E-state index contributed by atoms with van der Waals surface area (Å²) in [6.07, 6.45) is 0.155. The highest BCUT2D eigenvalue weighted by Crippen LogP contribution is 2.20. The van der Waals surface area contributed by atoms with Crippen molar-refractivity contribution in [3.05, 3.63) is 33.8 Å². The van der Waals surface area contributed by atoms with Gasteiger partial charge in [-0.05, 0) is 47.8 Å². The monoisotopic (exact) mass is 341 g/mol. The fraction of sp³-hybridized carbons (Fsp3) is 0.429. The van der Waals surface area contributed by atoms with Crippen LogP contribution in [-0.2, 0) is 9.53 Å². The molecular weight excluding hydrogens is 326 g/mol. The van der Waals surface area contributed by atoms with E-state index in [1.807, 2.05) is 19.1 Å². The third-order valence-electron chi connectivity index (χ3n) is 3.24. The van der Waals surface area contributed by atoms with Gasteiger partial charge in [-0.2, -0.15) is 0 Å². The number of carbonyl (C=O) groups excluding carboxylic acids is 1. The van der Waals surface area contributed by atoms with Crippen LogP contribution in [0.5, 0.6) is 0 Å². The first-order valence-corrected chi connectivity index (χ1v) is 7.19. The normalized spacial score (nSPS) is 21.7. The van der Waals surface area contributed by atoms with Gasteiger partial charge in [0.25, 0.3) is 5.91 Å². The molecule has 0 spiro atoms. The van der Waals surface area contributed by atoms with Crippen LogP contribution >= 0.6 is 15.9 Å². The largest absolute Gasteiger partial charge is 0.479 e. The molecule has 0 bridgehead atoms. The molecule has 0 aromatic heterocycles. The molecule has 108 valence electrons. The van der Waals surface area contributed by atoms with E-state index in [1.54, 1.807) is 6.07 Å². The Morgan fingerprint density at radius 3 is 2.85 bits per heavy atom. The maximum Gasteiger partial charge on any atom is 0.332 e. The lowest BCUT2D eigenvalue weighted by Crippen LogP contribution is -2.33. The summed E-state index contributed by atoms with van der Waals surface area (Å²) in [7, 11) is 0. The van der Waals surface area contributed by atoms with E-state index in [0.717, 1.165) is 10.0 Å². The van der Waals surface area contributed by atoms with Gasteiger partial charge in [0.1, 0.15) is 0 Å². The van der Waals surface area contributed by atoms with Crippen LogP contribution in [0.4, 0.5) is 0 Å². The summed E-state index contributed by atoms with van der Waals surface area (Å²) in [5, 5.41) is 11.6. The van der Waals surface area contributed by atoms with Crippen LogP contribution < -0.4 is 5.32 Å². The van der Waals surface area contributed by atoms with Crippen molar-refractivity contribution < 1.29 is 19.4 Å². The minimum absolute atomic E-state index is 0.192. The molecule has 1 saturated heterocycles. The minimum Gasteiger partial charge on any atom is -0.479 e. The molecule has 20 heavy (non-hydrogen) atoms. The molecule has 2 N–H and O–H groups in total. The Morgan fingerprint density at radius 2 is 2.20 bits per heavy atom. The number of aryl methyl sites for hydroxylation is 1. The lowest BCUT2D eigenvalue weighted by atomic mass is 10.1. The third kappa shape index (κ3) is 3.58. The number of aliphatic carboxylic acids is 1. The molecule has 5 nitrogen and oxygen atoms in total. The van der Waals surface area contributed by atoms with Gasteiger partial charge in [-0.25, -0.2) is 4.79 Å². The van der Waals surface area contributed by atoms with Crippen molar-refractivity contribution in [2.24, 2.45) is 0 Å². The van der Waals surface area contributed by atoms with Crippen molar-refractivity contribution in [3.63, 3.8) is 0 Å². The van der Waals surface area contributed by atoms with E-state index in [2.05, 4.69) is 21.2 Å². The summed E-state index contributed by atoms with van der Waals surface area (Å²) in [4.78, 5) is 22.8. The lowest BCUT2D eigenvalue weighted by molar-refractivity contribution is -0.149. The van der Waals surface area contributed by atoms with Gasteiger partial charge in [-0.3, -0.25) is 4.79 Å². The van der Waals surface area contributed by atoms with Crippen LogP contribution in [0.2, 0.25) is 0 Å². The highest BCUT2D eigenvalue weighted by molar-refractivity contribution is 9.10. The second-order valence-corrected chi connectivity index (χ2v) is 5.71. The number of rotatable bonds is 4. The van der Waals surface area contributed by atoms with Gasteiger partial charge in [0, 0.05) is 11.0 Å². The Balaban J connectivity index is 1.90. The molecule has 1 amide bonds. The van der Waals surface area contributed by atoms with E-state index in [0.29, 0.717) is 24.9 Å². The van der Waals surface area contributed by atoms with Crippen LogP contribution in [0.1, 0.15) is 28.8 Å². The molecular formula is C14H16BrNO4. The number of nitrogens with one attached hydrogen (secondary N) is 1. The molecule has 1 heterocycles. The van der Waals surface area contributed by atoms with Gasteiger partial charge in [0.2, 0.25) is 0 Å². The predicted molar refractivity (Wildman–Crippen MR) is 76.7 cm³/mol. The van der Waals surface area contributed by atoms with E-state index >= 15 is 0 Å². The zero-order chi connectivity index (χ0) is 14.7. The van der Waals surface area contributed by atoms with E-state index in [1.165, 1.54) is 0 Å². The molecule has 0 aliphatic carbocycles. The Labute approximate surface area is 125 Å². The molecule has 2 unspecified atom stereocenters. The van der Waals surface area contributed by atoms with E-state index in [9.17, 15) is 9.59 Å². The number of hydrogen-bond acceptors (Lipinski definition) is 3. The zero-order valence-corrected chi connectivity index (χ0v) is 12.6. The summed E-state index contributed by atoms with van der Waals surface area (Å²) in [6.45, 7) is 2.24. The maximum atomic E-state index is 12.1. The number of carboxylic acids is 1. The van der Waals surface area contributed by atoms with Gasteiger partial charge < -0.3 is 15.2 Å². The van der Waals surface area contributed by atoms with Gasteiger partial charge >= 0.3 is 5.97 Å². The van der Waals surface area contributed by atoms with Crippen LogP contribution in [0.15, 0.2) is 22.7 Å². The van der Waals surface area contributed by atoms with Crippen molar-refractivity contribution in [2.75, 3.05) is 6.54 Å². The average Bonchev–Trinajstić information content (AvgIpc) is 2.88. The van der Waals surface area contributed by atoms with E-state index in [4.69, 9.17) is 9.84 Å². The van der Waals surface area contributed by atoms with Crippen molar-refractivity contribution in [1.29, 1.82) is 0 Å². The number of amides is 1. The number of halogens is 1. The Hall–Kier alpha value is -1.40. The number of carbonyl (C=O) groups is 2. The average molecular weight is 342 g/mol. The fourth-order valence-corrected chi connectivity index (χ4v) is 2.58. The number of carboxylic acid groups (broad SMARTS) is 1. The summed E-state index contributed by atoms with van der Waals surface area (Å²) in [6, 6.07) is 5.55. The van der Waals surface area contributed by atoms with Crippen molar-refractivity contribution in [1.82, 2.24) is 5.32 Å². The Bertz CT molecular complexity index is 532. The molecule has 6 heteroatoms. The van der Waals surface area contributed by atoms with Gasteiger partial charge in [-0.1, -0.05) is 11.6 Å².